The maximum atomic E-state index is 11.3. The van der Waals surface area contributed by atoms with E-state index >= 15 is 0 Å². The molecule has 0 spiro atoms. The molecule has 1 N–H and O–H groups in total. The second-order valence-electron chi connectivity index (χ2n) is 3.26. The van der Waals surface area contributed by atoms with Crippen molar-refractivity contribution in [2.24, 2.45) is 0 Å². The lowest BCUT2D eigenvalue weighted by atomic mass is 10.3. The van der Waals surface area contributed by atoms with E-state index in [4.69, 9.17) is 5.11 Å². The summed E-state index contributed by atoms with van der Waals surface area (Å²) in [6.45, 7) is 3.60. The van der Waals surface area contributed by atoms with Crippen molar-refractivity contribution < 1.29 is 18.3 Å². The van der Waals surface area contributed by atoms with Gasteiger partial charge in [0.05, 0.1) is 5.75 Å². The van der Waals surface area contributed by atoms with E-state index in [1.807, 2.05) is 6.92 Å². The minimum Gasteiger partial charge on any atom is -0.480 e. The molecule has 0 radical (unpaired) electrons. The summed E-state index contributed by atoms with van der Waals surface area (Å²) in [7, 11) is -2.98. The summed E-state index contributed by atoms with van der Waals surface area (Å²) >= 11 is 1.20. The van der Waals surface area contributed by atoms with Crippen LogP contribution < -0.4 is 0 Å². The molecule has 0 bridgehead atoms. The van der Waals surface area contributed by atoms with Crippen molar-refractivity contribution in [1.82, 2.24) is 0 Å². The molecule has 90 valence electrons. The first-order valence-corrected chi connectivity index (χ1v) is 7.84. The Hall–Kier alpha value is -0.230. The van der Waals surface area contributed by atoms with Crippen molar-refractivity contribution in [3.8, 4) is 0 Å². The van der Waals surface area contributed by atoms with Gasteiger partial charge in [-0.1, -0.05) is 13.8 Å². The lowest BCUT2D eigenvalue weighted by molar-refractivity contribution is -0.136. The van der Waals surface area contributed by atoms with Crippen LogP contribution in [0, 0.1) is 0 Å². The fraction of sp³-hybridized carbons (Fsp3) is 0.889. The first kappa shape index (κ1) is 14.8. The van der Waals surface area contributed by atoms with Crippen LogP contribution in [0.5, 0.6) is 0 Å². The highest BCUT2D eigenvalue weighted by atomic mass is 32.2. The van der Waals surface area contributed by atoms with Crippen LogP contribution in [0.1, 0.15) is 26.7 Å². The average Bonchev–Trinajstić information content (AvgIpc) is 2.11. The molecule has 0 aliphatic rings. The van der Waals surface area contributed by atoms with Gasteiger partial charge in [-0.15, -0.1) is 11.8 Å². The smallest absolute Gasteiger partial charge is 0.316 e. The molecular weight excluding hydrogens is 236 g/mol. The van der Waals surface area contributed by atoms with Gasteiger partial charge in [-0.2, -0.15) is 0 Å². The number of hydrogen-bond acceptors (Lipinski definition) is 4. The van der Waals surface area contributed by atoms with E-state index in [1.54, 1.807) is 6.92 Å². The van der Waals surface area contributed by atoms with Crippen molar-refractivity contribution in [1.29, 1.82) is 0 Å². The first-order valence-electron chi connectivity index (χ1n) is 4.97. The highest BCUT2D eigenvalue weighted by molar-refractivity contribution is 8.01. The number of aliphatic carboxylic acids is 1. The van der Waals surface area contributed by atoms with E-state index in [9.17, 15) is 13.2 Å². The van der Waals surface area contributed by atoms with Crippen molar-refractivity contribution >= 4 is 27.6 Å². The highest BCUT2D eigenvalue weighted by Gasteiger charge is 2.17. The Bertz CT molecular complexity index is 284. The standard InChI is InChI=1S/C9H18O4S2/c1-3-6-15(12,13)7-5-14-8(4-2)9(10)11/h8H,3-7H2,1-2H3,(H,10,11). The zero-order valence-electron chi connectivity index (χ0n) is 9.10. The van der Waals surface area contributed by atoms with Crippen molar-refractivity contribution in [3.63, 3.8) is 0 Å². The molecule has 0 aromatic rings. The third kappa shape index (κ3) is 6.78. The molecule has 0 aliphatic carbocycles. The van der Waals surface area contributed by atoms with Crippen molar-refractivity contribution in [2.45, 2.75) is 31.9 Å². The minimum atomic E-state index is -2.98. The van der Waals surface area contributed by atoms with E-state index in [0.717, 1.165) is 0 Å². The molecule has 15 heavy (non-hydrogen) atoms. The summed E-state index contributed by atoms with van der Waals surface area (Å²) in [5.41, 5.74) is 0. The number of hydrogen-bond donors (Lipinski definition) is 1. The van der Waals surface area contributed by atoms with Crippen LogP contribution in [-0.4, -0.2) is 42.0 Å². The van der Waals surface area contributed by atoms with Crippen LogP contribution in [0.2, 0.25) is 0 Å². The molecule has 0 aromatic carbocycles. The Labute approximate surface area is 95.4 Å². The number of thioether (sulfide) groups is 1. The predicted octanol–water partition coefficient (Wildman–Crippen LogP) is 1.41. The maximum absolute atomic E-state index is 11.3. The van der Waals surface area contributed by atoms with Gasteiger partial charge in [0, 0.05) is 11.5 Å². The van der Waals surface area contributed by atoms with Gasteiger partial charge in [0.15, 0.2) is 9.84 Å². The third-order valence-electron chi connectivity index (χ3n) is 1.87. The molecule has 4 nitrogen and oxygen atoms in total. The van der Waals surface area contributed by atoms with Gasteiger partial charge in [0.2, 0.25) is 0 Å². The minimum absolute atomic E-state index is 0.0787. The molecule has 0 saturated heterocycles. The van der Waals surface area contributed by atoms with Crippen molar-refractivity contribution in [2.75, 3.05) is 17.3 Å². The predicted molar refractivity (Wildman–Crippen MR) is 63.1 cm³/mol. The van der Waals surface area contributed by atoms with Gasteiger partial charge >= 0.3 is 5.97 Å². The van der Waals surface area contributed by atoms with Crippen LogP contribution in [-0.2, 0) is 14.6 Å². The normalized spacial score (nSPS) is 13.7. The number of carboxylic acids is 1. The Morgan fingerprint density at radius 1 is 1.33 bits per heavy atom. The highest BCUT2D eigenvalue weighted by Crippen LogP contribution is 2.15. The summed E-state index contributed by atoms with van der Waals surface area (Å²) < 4.78 is 22.6. The topological polar surface area (TPSA) is 71.4 Å². The molecule has 1 atom stereocenters. The summed E-state index contributed by atoms with van der Waals surface area (Å²) in [5.74, 6) is -0.227. The van der Waals surface area contributed by atoms with Crippen LogP contribution in [0.3, 0.4) is 0 Å². The van der Waals surface area contributed by atoms with Gasteiger partial charge < -0.3 is 5.11 Å². The summed E-state index contributed by atoms with van der Waals surface area (Å²) in [4.78, 5) is 10.6. The van der Waals surface area contributed by atoms with Crippen LogP contribution in [0.25, 0.3) is 0 Å². The Kier molecular flexibility index (Phi) is 7.00. The van der Waals surface area contributed by atoms with E-state index < -0.39 is 21.1 Å². The summed E-state index contributed by atoms with van der Waals surface area (Å²) in [6, 6.07) is 0. The zero-order chi connectivity index (χ0) is 11.9. The SMILES string of the molecule is CCCS(=O)(=O)CCSC(CC)C(=O)O. The Morgan fingerprint density at radius 3 is 2.33 bits per heavy atom. The van der Waals surface area contributed by atoms with Gasteiger partial charge in [0.1, 0.15) is 5.25 Å². The lowest BCUT2D eigenvalue weighted by Crippen LogP contribution is -2.18. The van der Waals surface area contributed by atoms with Gasteiger partial charge in [-0.25, -0.2) is 8.42 Å². The van der Waals surface area contributed by atoms with Gasteiger partial charge in [-0.3, -0.25) is 4.79 Å². The lowest BCUT2D eigenvalue weighted by Gasteiger charge is -2.08. The van der Waals surface area contributed by atoms with E-state index in [2.05, 4.69) is 0 Å². The molecule has 6 heteroatoms. The Balaban J connectivity index is 3.92. The molecule has 0 rings (SSSR count). The first-order chi connectivity index (χ1) is 6.93. The van der Waals surface area contributed by atoms with E-state index in [-0.39, 0.29) is 11.5 Å². The number of rotatable bonds is 8. The second kappa shape index (κ2) is 7.11. The number of carboxylic acid groups (broad SMARTS) is 1. The van der Waals surface area contributed by atoms with E-state index in [1.165, 1.54) is 11.8 Å². The largest absolute Gasteiger partial charge is 0.480 e. The maximum Gasteiger partial charge on any atom is 0.316 e. The third-order valence-corrected chi connectivity index (χ3v) is 5.37. The molecule has 0 aromatic heterocycles. The monoisotopic (exact) mass is 254 g/mol. The molecular formula is C9H18O4S2. The molecule has 1 unspecified atom stereocenters. The number of sulfone groups is 1. The van der Waals surface area contributed by atoms with Crippen LogP contribution >= 0.6 is 11.8 Å². The fourth-order valence-corrected chi connectivity index (χ4v) is 3.98. The average molecular weight is 254 g/mol. The number of carbonyl (C=O) groups is 1. The molecule has 0 saturated carbocycles. The van der Waals surface area contributed by atoms with Crippen LogP contribution in [0.4, 0.5) is 0 Å². The summed E-state index contributed by atoms with van der Waals surface area (Å²) in [5, 5.41) is 8.25. The Morgan fingerprint density at radius 2 is 1.93 bits per heavy atom. The molecule has 0 amide bonds. The molecule has 0 fully saturated rings. The second-order valence-corrected chi connectivity index (χ2v) is 6.87. The molecule has 0 heterocycles. The fourth-order valence-electron chi connectivity index (χ4n) is 1.09. The van der Waals surface area contributed by atoms with Crippen LogP contribution in [0.15, 0.2) is 0 Å². The quantitative estimate of drug-likeness (QED) is 0.709. The zero-order valence-corrected chi connectivity index (χ0v) is 10.7. The van der Waals surface area contributed by atoms with Crippen molar-refractivity contribution in [3.05, 3.63) is 0 Å². The van der Waals surface area contributed by atoms with E-state index in [0.29, 0.717) is 18.6 Å². The molecule has 0 aliphatic heterocycles. The van der Waals surface area contributed by atoms with Gasteiger partial charge in [-0.05, 0) is 12.8 Å². The summed E-state index contributed by atoms with van der Waals surface area (Å²) in [6.07, 6.45) is 1.14. The van der Waals surface area contributed by atoms with Gasteiger partial charge in [0.25, 0.3) is 0 Å².